The highest BCUT2D eigenvalue weighted by Crippen LogP contribution is 2.28. The molecule has 0 spiro atoms. The average molecular weight is 285 g/mol. The van der Waals surface area contributed by atoms with Crippen molar-refractivity contribution in [2.75, 3.05) is 26.2 Å². The fourth-order valence-corrected chi connectivity index (χ4v) is 2.23. The number of rotatable bonds is 7. The van der Waals surface area contributed by atoms with Crippen LogP contribution in [-0.4, -0.2) is 41.1 Å². The maximum Gasteiger partial charge on any atom is 0.128 e. The summed E-state index contributed by atoms with van der Waals surface area (Å²) < 4.78 is 5.96. The summed E-state index contributed by atoms with van der Waals surface area (Å²) in [5.74, 6) is 0.878. The van der Waals surface area contributed by atoms with E-state index in [1.165, 1.54) is 0 Å². The molecule has 4 heteroatoms. The van der Waals surface area contributed by atoms with Crippen LogP contribution in [0.4, 0.5) is 0 Å². The van der Waals surface area contributed by atoms with E-state index in [0.29, 0.717) is 6.61 Å². The van der Waals surface area contributed by atoms with Gasteiger partial charge in [-0.05, 0) is 38.2 Å². The van der Waals surface area contributed by atoms with Crippen LogP contribution in [0.25, 0.3) is 11.3 Å². The lowest BCUT2D eigenvalue weighted by atomic mass is 10.1. The average Bonchev–Trinajstić information content (AvgIpc) is 2.52. The third kappa shape index (κ3) is 4.26. The molecule has 21 heavy (non-hydrogen) atoms. The Kier molecular flexibility index (Phi) is 5.69. The van der Waals surface area contributed by atoms with Crippen LogP contribution in [0.15, 0.2) is 36.7 Å². The summed E-state index contributed by atoms with van der Waals surface area (Å²) in [6.45, 7) is 10.0. The third-order valence-electron chi connectivity index (χ3n) is 3.53. The van der Waals surface area contributed by atoms with E-state index in [2.05, 4.69) is 28.7 Å². The molecule has 0 aliphatic rings. The van der Waals surface area contributed by atoms with Crippen molar-refractivity contribution in [3.63, 3.8) is 0 Å². The first-order valence-corrected chi connectivity index (χ1v) is 7.47. The van der Waals surface area contributed by atoms with Crippen LogP contribution in [0.1, 0.15) is 19.5 Å². The molecule has 0 unspecified atom stereocenters. The Morgan fingerprint density at radius 1 is 1.10 bits per heavy atom. The first-order chi connectivity index (χ1) is 10.2. The van der Waals surface area contributed by atoms with Crippen LogP contribution < -0.4 is 4.74 Å². The molecule has 1 heterocycles. The molecule has 0 fully saturated rings. The van der Waals surface area contributed by atoms with E-state index in [1.54, 1.807) is 6.33 Å². The number of aryl methyl sites for hydroxylation is 1. The molecule has 0 amide bonds. The molecular formula is C17H23N3O. The Morgan fingerprint density at radius 3 is 2.57 bits per heavy atom. The van der Waals surface area contributed by atoms with Crippen LogP contribution in [0.5, 0.6) is 5.75 Å². The van der Waals surface area contributed by atoms with E-state index in [4.69, 9.17) is 4.74 Å². The van der Waals surface area contributed by atoms with E-state index < -0.39 is 0 Å². The van der Waals surface area contributed by atoms with Crippen molar-refractivity contribution in [1.82, 2.24) is 14.9 Å². The molecule has 0 aliphatic heterocycles. The van der Waals surface area contributed by atoms with Gasteiger partial charge in [0.1, 0.15) is 18.7 Å². The van der Waals surface area contributed by atoms with Gasteiger partial charge in [0.2, 0.25) is 0 Å². The highest BCUT2D eigenvalue weighted by Gasteiger charge is 2.08. The summed E-state index contributed by atoms with van der Waals surface area (Å²) in [4.78, 5) is 10.8. The minimum Gasteiger partial charge on any atom is -0.492 e. The molecule has 0 radical (unpaired) electrons. The summed E-state index contributed by atoms with van der Waals surface area (Å²) >= 11 is 0. The Labute approximate surface area is 126 Å². The Morgan fingerprint density at radius 2 is 1.86 bits per heavy atom. The first kappa shape index (κ1) is 15.4. The van der Waals surface area contributed by atoms with Crippen molar-refractivity contribution in [2.45, 2.75) is 20.8 Å². The monoisotopic (exact) mass is 285 g/mol. The van der Waals surface area contributed by atoms with E-state index in [9.17, 15) is 0 Å². The molecule has 4 nitrogen and oxygen atoms in total. The number of nitrogens with zero attached hydrogens (tertiary/aromatic N) is 3. The van der Waals surface area contributed by atoms with E-state index in [-0.39, 0.29) is 0 Å². The summed E-state index contributed by atoms with van der Waals surface area (Å²) in [7, 11) is 0. The highest BCUT2D eigenvalue weighted by atomic mass is 16.5. The Bertz CT molecular complexity index is 567. The van der Waals surface area contributed by atoms with Crippen molar-refractivity contribution in [3.8, 4) is 17.0 Å². The predicted molar refractivity (Wildman–Crippen MR) is 85.5 cm³/mol. The summed E-state index contributed by atoms with van der Waals surface area (Å²) in [5, 5.41) is 0. The second-order valence-electron chi connectivity index (χ2n) is 4.92. The van der Waals surface area contributed by atoms with Crippen molar-refractivity contribution >= 4 is 0 Å². The molecule has 0 aliphatic carbocycles. The second-order valence-corrected chi connectivity index (χ2v) is 4.92. The zero-order valence-corrected chi connectivity index (χ0v) is 13.0. The van der Waals surface area contributed by atoms with E-state index in [0.717, 1.165) is 42.3 Å². The fraction of sp³-hybridized carbons (Fsp3) is 0.412. The number of benzene rings is 1. The van der Waals surface area contributed by atoms with Gasteiger partial charge in [0.15, 0.2) is 0 Å². The van der Waals surface area contributed by atoms with Gasteiger partial charge in [-0.2, -0.15) is 0 Å². The van der Waals surface area contributed by atoms with Crippen molar-refractivity contribution in [3.05, 3.63) is 42.4 Å². The molecule has 0 saturated heterocycles. The van der Waals surface area contributed by atoms with Gasteiger partial charge in [0.05, 0.1) is 5.69 Å². The highest BCUT2D eigenvalue weighted by molar-refractivity contribution is 5.66. The van der Waals surface area contributed by atoms with Gasteiger partial charge in [-0.25, -0.2) is 9.97 Å². The lowest BCUT2D eigenvalue weighted by Crippen LogP contribution is -2.27. The number of hydrogen-bond donors (Lipinski definition) is 0. The number of aromatic nitrogens is 2. The third-order valence-corrected chi connectivity index (χ3v) is 3.53. The zero-order chi connectivity index (χ0) is 15.1. The minimum absolute atomic E-state index is 0.683. The summed E-state index contributed by atoms with van der Waals surface area (Å²) in [6.07, 6.45) is 1.59. The smallest absolute Gasteiger partial charge is 0.128 e. The first-order valence-electron chi connectivity index (χ1n) is 7.47. The van der Waals surface area contributed by atoms with Gasteiger partial charge in [-0.1, -0.05) is 26.0 Å². The molecule has 0 atom stereocenters. The van der Waals surface area contributed by atoms with Gasteiger partial charge < -0.3 is 9.64 Å². The van der Waals surface area contributed by atoms with Gasteiger partial charge in [-0.3, -0.25) is 0 Å². The van der Waals surface area contributed by atoms with Crippen molar-refractivity contribution in [2.24, 2.45) is 0 Å². The number of para-hydroxylation sites is 1. The number of hydrogen-bond acceptors (Lipinski definition) is 4. The molecular weight excluding hydrogens is 262 g/mol. The summed E-state index contributed by atoms with van der Waals surface area (Å²) in [6, 6.07) is 10.0. The summed E-state index contributed by atoms with van der Waals surface area (Å²) in [5.41, 5.74) is 2.88. The Hall–Kier alpha value is -1.94. The quantitative estimate of drug-likeness (QED) is 0.783. The van der Waals surface area contributed by atoms with Crippen molar-refractivity contribution in [1.29, 1.82) is 0 Å². The van der Waals surface area contributed by atoms with Gasteiger partial charge in [-0.15, -0.1) is 0 Å². The van der Waals surface area contributed by atoms with E-state index >= 15 is 0 Å². The standard InChI is InChI=1S/C17H23N3O/c1-4-20(5-2)10-11-21-17-9-7-6-8-15(17)16-12-14(3)18-13-19-16/h6-9,12-13H,4-5,10-11H2,1-3H3. The number of likely N-dealkylation sites (N-methyl/N-ethyl adjacent to an activating group) is 1. The second kappa shape index (κ2) is 7.74. The molecule has 1 aromatic heterocycles. The SMILES string of the molecule is CCN(CC)CCOc1ccccc1-c1cc(C)ncn1. The van der Waals surface area contributed by atoms with Gasteiger partial charge >= 0.3 is 0 Å². The van der Waals surface area contributed by atoms with Crippen LogP contribution in [-0.2, 0) is 0 Å². The zero-order valence-electron chi connectivity index (χ0n) is 13.0. The van der Waals surface area contributed by atoms with Gasteiger partial charge in [0.25, 0.3) is 0 Å². The van der Waals surface area contributed by atoms with Gasteiger partial charge in [0, 0.05) is 17.8 Å². The van der Waals surface area contributed by atoms with E-state index in [1.807, 2.05) is 37.3 Å². The topological polar surface area (TPSA) is 38.2 Å². The molecule has 1 aromatic carbocycles. The molecule has 0 N–H and O–H groups in total. The van der Waals surface area contributed by atoms with Crippen LogP contribution in [0.2, 0.25) is 0 Å². The predicted octanol–water partition coefficient (Wildman–Crippen LogP) is 3.17. The normalized spacial score (nSPS) is 10.9. The molecule has 0 saturated carbocycles. The molecule has 2 rings (SSSR count). The van der Waals surface area contributed by atoms with Crippen LogP contribution in [0.3, 0.4) is 0 Å². The lowest BCUT2D eigenvalue weighted by Gasteiger charge is -2.18. The van der Waals surface area contributed by atoms with Crippen LogP contribution >= 0.6 is 0 Å². The maximum absolute atomic E-state index is 5.96. The minimum atomic E-state index is 0.683. The molecule has 2 aromatic rings. The Balaban J connectivity index is 2.10. The van der Waals surface area contributed by atoms with Crippen molar-refractivity contribution < 1.29 is 4.74 Å². The fourth-order valence-electron chi connectivity index (χ4n) is 2.23. The molecule has 112 valence electrons. The van der Waals surface area contributed by atoms with Crippen LogP contribution in [0, 0.1) is 6.92 Å². The number of ether oxygens (including phenoxy) is 1. The largest absolute Gasteiger partial charge is 0.492 e. The maximum atomic E-state index is 5.96. The lowest BCUT2D eigenvalue weighted by molar-refractivity contribution is 0.223. The molecule has 0 bridgehead atoms.